The second-order valence-corrected chi connectivity index (χ2v) is 4.55. The predicted molar refractivity (Wildman–Crippen MR) is 60.2 cm³/mol. The normalized spacial score (nSPS) is 27.9. The minimum absolute atomic E-state index is 0.793. The molecule has 1 aliphatic carbocycles. The summed E-state index contributed by atoms with van der Waals surface area (Å²) >= 11 is 0. The maximum Gasteiger partial charge on any atom is 0.0494 e. The Hall–Kier alpha value is -0.0800. The molecule has 0 unspecified atom stereocenters. The second-order valence-electron chi connectivity index (χ2n) is 4.55. The van der Waals surface area contributed by atoms with Gasteiger partial charge in [0.2, 0.25) is 0 Å². The molecule has 1 fully saturated rings. The molecule has 0 amide bonds. The van der Waals surface area contributed by atoms with Crippen LogP contribution in [-0.2, 0) is 4.74 Å². The molecule has 0 saturated heterocycles. The summed E-state index contributed by atoms with van der Waals surface area (Å²) in [5.74, 6) is 1.61. The summed E-state index contributed by atoms with van der Waals surface area (Å²) in [4.78, 5) is 0. The summed E-state index contributed by atoms with van der Waals surface area (Å²) < 4.78 is 5.65. The molecule has 2 heteroatoms. The van der Waals surface area contributed by atoms with Crippen LogP contribution in [0.2, 0.25) is 0 Å². The Morgan fingerprint density at radius 3 is 2.36 bits per heavy atom. The van der Waals surface area contributed by atoms with E-state index in [1.807, 2.05) is 0 Å². The molecular weight excluding hydrogens is 174 g/mol. The SMILES string of the molecule is CCCCOCC1CCC(CN)CC1. The summed E-state index contributed by atoms with van der Waals surface area (Å²) in [6.45, 7) is 5.02. The maximum atomic E-state index is 5.66. The summed E-state index contributed by atoms with van der Waals surface area (Å²) in [6.07, 6.45) is 7.73. The van der Waals surface area contributed by atoms with E-state index in [-0.39, 0.29) is 0 Å². The first-order valence-corrected chi connectivity index (χ1v) is 6.14. The Balaban J connectivity index is 1.98. The number of nitrogens with two attached hydrogens (primary N) is 1. The van der Waals surface area contributed by atoms with Crippen molar-refractivity contribution in [3.8, 4) is 0 Å². The zero-order chi connectivity index (χ0) is 10.2. The van der Waals surface area contributed by atoms with Crippen molar-refractivity contribution in [3.05, 3.63) is 0 Å². The van der Waals surface area contributed by atoms with Gasteiger partial charge in [0.05, 0.1) is 0 Å². The van der Waals surface area contributed by atoms with E-state index in [9.17, 15) is 0 Å². The predicted octanol–water partition coefficient (Wildman–Crippen LogP) is 2.57. The number of rotatable bonds is 6. The lowest BCUT2D eigenvalue weighted by atomic mass is 9.82. The molecule has 0 bridgehead atoms. The van der Waals surface area contributed by atoms with Crippen LogP contribution in [0.5, 0.6) is 0 Å². The Labute approximate surface area is 88.2 Å². The van der Waals surface area contributed by atoms with Gasteiger partial charge < -0.3 is 10.5 Å². The maximum absolute atomic E-state index is 5.66. The first-order valence-electron chi connectivity index (χ1n) is 6.14. The Morgan fingerprint density at radius 1 is 1.14 bits per heavy atom. The molecule has 0 aromatic carbocycles. The molecule has 0 radical (unpaired) electrons. The summed E-state index contributed by atoms with van der Waals surface area (Å²) in [6, 6.07) is 0. The van der Waals surface area contributed by atoms with E-state index in [0.29, 0.717) is 0 Å². The van der Waals surface area contributed by atoms with Gasteiger partial charge in [-0.25, -0.2) is 0 Å². The molecule has 1 rings (SSSR count). The summed E-state index contributed by atoms with van der Waals surface area (Å²) in [5, 5.41) is 0. The van der Waals surface area contributed by atoms with Crippen LogP contribution in [0.4, 0.5) is 0 Å². The van der Waals surface area contributed by atoms with Crippen LogP contribution >= 0.6 is 0 Å². The van der Waals surface area contributed by atoms with Crippen LogP contribution in [0.3, 0.4) is 0 Å². The van der Waals surface area contributed by atoms with Crippen LogP contribution in [-0.4, -0.2) is 19.8 Å². The number of hydrogen-bond donors (Lipinski definition) is 1. The van der Waals surface area contributed by atoms with Gasteiger partial charge in [-0.15, -0.1) is 0 Å². The fourth-order valence-corrected chi connectivity index (χ4v) is 2.13. The Morgan fingerprint density at radius 2 is 1.79 bits per heavy atom. The van der Waals surface area contributed by atoms with Crippen molar-refractivity contribution in [1.29, 1.82) is 0 Å². The molecule has 2 N–H and O–H groups in total. The number of hydrogen-bond acceptors (Lipinski definition) is 2. The van der Waals surface area contributed by atoms with Crippen LogP contribution in [0.25, 0.3) is 0 Å². The van der Waals surface area contributed by atoms with Crippen LogP contribution < -0.4 is 5.73 Å². The smallest absolute Gasteiger partial charge is 0.0494 e. The van der Waals surface area contributed by atoms with Crippen molar-refractivity contribution in [1.82, 2.24) is 0 Å². The van der Waals surface area contributed by atoms with Crippen molar-refractivity contribution in [3.63, 3.8) is 0 Å². The first kappa shape index (κ1) is 12.0. The molecule has 0 heterocycles. The van der Waals surface area contributed by atoms with Crippen molar-refractivity contribution in [2.45, 2.75) is 45.4 Å². The molecule has 1 aliphatic rings. The lowest BCUT2D eigenvalue weighted by Crippen LogP contribution is -2.23. The largest absolute Gasteiger partial charge is 0.381 e. The van der Waals surface area contributed by atoms with E-state index in [1.54, 1.807) is 0 Å². The Bertz CT molecular complexity index is 130. The molecule has 0 atom stereocenters. The van der Waals surface area contributed by atoms with Gasteiger partial charge >= 0.3 is 0 Å². The highest BCUT2D eigenvalue weighted by molar-refractivity contribution is 4.72. The minimum Gasteiger partial charge on any atom is -0.381 e. The zero-order valence-corrected chi connectivity index (χ0v) is 9.50. The van der Waals surface area contributed by atoms with Gasteiger partial charge in [-0.1, -0.05) is 13.3 Å². The van der Waals surface area contributed by atoms with Gasteiger partial charge in [0.1, 0.15) is 0 Å². The molecule has 0 spiro atoms. The molecule has 0 aliphatic heterocycles. The van der Waals surface area contributed by atoms with Crippen molar-refractivity contribution < 1.29 is 4.74 Å². The number of ether oxygens (including phenoxy) is 1. The molecule has 0 aromatic heterocycles. The third kappa shape index (κ3) is 4.43. The molecule has 14 heavy (non-hydrogen) atoms. The lowest BCUT2D eigenvalue weighted by molar-refractivity contribution is 0.0766. The topological polar surface area (TPSA) is 35.2 Å². The molecule has 0 aromatic rings. The third-order valence-corrected chi connectivity index (χ3v) is 3.30. The molecule has 84 valence electrons. The highest BCUT2D eigenvalue weighted by atomic mass is 16.5. The zero-order valence-electron chi connectivity index (χ0n) is 9.50. The summed E-state index contributed by atoms with van der Waals surface area (Å²) in [7, 11) is 0. The minimum atomic E-state index is 0.793. The summed E-state index contributed by atoms with van der Waals surface area (Å²) in [5.41, 5.74) is 5.66. The standard InChI is InChI=1S/C12H25NO/c1-2-3-8-14-10-12-6-4-11(9-13)5-7-12/h11-12H,2-10,13H2,1H3. The van der Waals surface area contributed by atoms with Gasteiger partial charge in [0.15, 0.2) is 0 Å². The highest BCUT2D eigenvalue weighted by Gasteiger charge is 2.19. The second kappa shape index (κ2) is 7.24. The first-order chi connectivity index (χ1) is 6.86. The fourth-order valence-electron chi connectivity index (χ4n) is 2.13. The van der Waals surface area contributed by atoms with E-state index in [4.69, 9.17) is 10.5 Å². The van der Waals surface area contributed by atoms with Crippen molar-refractivity contribution >= 4 is 0 Å². The molecule has 2 nitrogen and oxygen atoms in total. The Kier molecular flexibility index (Phi) is 6.20. The van der Waals surface area contributed by atoms with E-state index in [0.717, 1.165) is 31.6 Å². The average Bonchev–Trinajstić information content (AvgIpc) is 2.25. The van der Waals surface area contributed by atoms with E-state index in [2.05, 4.69) is 6.92 Å². The quantitative estimate of drug-likeness (QED) is 0.667. The third-order valence-electron chi connectivity index (χ3n) is 3.30. The van der Waals surface area contributed by atoms with Crippen LogP contribution in [0.1, 0.15) is 45.4 Å². The van der Waals surface area contributed by atoms with E-state index >= 15 is 0 Å². The van der Waals surface area contributed by atoms with E-state index < -0.39 is 0 Å². The van der Waals surface area contributed by atoms with Gasteiger partial charge in [-0.05, 0) is 50.5 Å². The molecule has 1 saturated carbocycles. The molecular formula is C12H25NO. The van der Waals surface area contributed by atoms with Gasteiger partial charge in [-0.3, -0.25) is 0 Å². The van der Waals surface area contributed by atoms with Crippen molar-refractivity contribution in [2.24, 2.45) is 17.6 Å². The monoisotopic (exact) mass is 199 g/mol. The highest BCUT2D eigenvalue weighted by Crippen LogP contribution is 2.28. The lowest BCUT2D eigenvalue weighted by Gasteiger charge is -2.27. The van der Waals surface area contributed by atoms with Crippen LogP contribution in [0.15, 0.2) is 0 Å². The van der Waals surface area contributed by atoms with Gasteiger partial charge in [0, 0.05) is 13.2 Å². The van der Waals surface area contributed by atoms with E-state index in [1.165, 1.54) is 38.5 Å². The van der Waals surface area contributed by atoms with Crippen LogP contribution in [0, 0.1) is 11.8 Å². The average molecular weight is 199 g/mol. The number of unbranched alkanes of at least 4 members (excludes halogenated alkanes) is 1. The van der Waals surface area contributed by atoms with Gasteiger partial charge in [0.25, 0.3) is 0 Å². The van der Waals surface area contributed by atoms with Crippen molar-refractivity contribution in [2.75, 3.05) is 19.8 Å². The van der Waals surface area contributed by atoms with Gasteiger partial charge in [-0.2, -0.15) is 0 Å². The fraction of sp³-hybridized carbons (Fsp3) is 1.00.